The van der Waals surface area contributed by atoms with Gasteiger partial charge in [-0.05, 0) is 30.2 Å². The number of nitrogens with two attached hydrogens (primary N) is 2. The minimum Gasteiger partial charge on any atom is -0.448 e. The van der Waals surface area contributed by atoms with Gasteiger partial charge in [0.2, 0.25) is 0 Å². The molecule has 1 aromatic carbocycles. The number of nitrogens with one attached hydrogen (secondary N) is 1. The van der Waals surface area contributed by atoms with E-state index >= 15 is 0 Å². The SMILES string of the molecule is CC(C)[C@@H](OC(=O)c1ccc(N)cc1)C(=O)NC(N)=O. The summed E-state index contributed by atoms with van der Waals surface area (Å²) in [5.74, 6) is -1.74. The smallest absolute Gasteiger partial charge is 0.338 e. The lowest BCUT2D eigenvalue weighted by Gasteiger charge is -2.19. The van der Waals surface area contributed by atoms with E-state index in [-0.39, 0.29) is 11.5 Å². The second-order valence-electron chi connectivity index (χ2n) is 4.55. The zero-order valence-electron chi connectivity index (χ0n) is 11.3. The first kappa shape index (κ1) is 15.5. The molecule has 0 aliphatic heterocycles. The Kier molecular flexibility index (Phi) is 5.08. The van der Waals surface area contributed by atoms with Crippen molar-refractivity contribution in [2.45, 2.75) is 20.0 Å². The van der Waals surface area contributed by atoms with Crippen molar-refractivity contribution in [1.29, 1.82) is 0 Å². The van der Waals surface area contributed by atoms with E-state index in [0.29, 0.717) is 5.69 Å². The first-order valence-electron chi connectivity index (χ1n) is 5.98. The summed E-state index contributed by atoms with van der Waals surface area (Å²) in [5, 5.41) is 1.89. The molecule has 0 fully saturated rings. The molecule has 0 aliphatic carbocycles. The molecule has 7 heteroatoms. The normalized spacial score (nSPS) is 11.8. The van der Waals surface area contributed by atoms with E-state index in [1.807, 2.05) is 5.32 Å². The van der Waals surface area contributed by atoms with Gasteiger partial charge in [0.1, 0.15) is 0 Å². The number of ether oxygens (including phenoxy) is 1. The Bertz CT molecular complexity index is 511. The number of hydrogen-bond donors (Lipinski definition) is 3. The van der Waals surface area contributed by atoms with Gasteiger partial charge in [-0.3, -0.25) is 10.1 Å². The van der Waals surface area contributed by atoms with Crippen LogP contribution in [-0.4, -0.2) is 24.0 Å². The summed E-state index contributed by atoms with van der Waals surface area (Å²) >= 11 is 0. The number of imide groups is 1. The summed E-state index contributed by atoms with van der Waals surface area (Å²) in [6.45, 7) is 3.36. The average molecular weight is 279 g/mol. The molecule has 0 radical (unpaired) electrons. The fourth-order valence-electron chi connectivity index (χ4n) is 1.49. The third-order valence-corrected chi connectivity index (χ3v) is 2.49. The van der Waals surface area contributed by atoms with Crippen LogP contribution in [0.25, 0.3) is 0 Å². The second-order valence-corrected chi connectivity index (χ2v) is 4.55. The number of rotatable bonds is 4. The van der Waals surface area contributed by atoms with Crippen LogP contribution in [0, 0.1) is 5.92 Å². The number of primary amides is 1. The maximum Gasteiger partial charge on any atom is 0.338 e. The highest BCUT2D eigenvalue weighted by molar-refractivity contribution is 5.98. The molecular weight excluding hydrogens is 262 g/mol. The van der Waals surface area contributed by atoms with Crippen molar-refractivity contribution in [1.82, 2.24) is 5.32 Å². The van der Waals surface area contributed by atoms with Crippen molar-refractivity contribution in [2.24, 2.45) is 11.7 Å². The fourth-order valence-corrected chi connectivity index (χ4v) is 1.49. The van der Waals surface area contributed by atoms with Crippen molar-refractivity contribution < 1.29 is 19.1 Å². The summed E-state index contributed by atoms with van der Waals surface area (Å²) < 4.78 is 5.10. The van der Waals surface area contributed by atoms with Gasteiger partial charge in [0, 0.05) is 5.69 Å². The molecule has 0 spiro atoms. The molecule has 7 nitrogen and oxygen atoms in total. The molecule has 5 N–H and O–H groups in total. The Morgan fingerprint density at radius 3 is 2.15 bits per heavy atom. The number of esters is 1. The van der Waals surface area contributed by atoms with Gasteiger partial charge in [0.05, 0.1) is 5.56 Å². The number of carbonyl (C=O) groups excluding carboxylic acids is 3. The molecule has 3 amide bonds. The van der Waals surface area contributed by atoms with Gasteiger partial charge >= 0.3 is 12.0 Å². The lowest BCUT2D eigenvalue weighted by molar-refractivity contribution is -0.130. The number of nitrogen functional groups attached to an aromatic ring is 1. The molecule has 0 heterocycles. The maximum absolute atomic E-state index is 11.9. The number of amides is 3. The highest BCUT2D eigenvalue weighted by atomic mass is 16.5. The van der Waals surface area contributed by atoms with Crippen LogP contribution in [0.4, 0.5) is 10.5 Å². The van der Waals surface area contributed by atoms with E-state index in [9.17, 15) is 14.4 Å². The van der Waals surface area contributed by atoms with Gasteiger partial charge in [-0.1, -0.05) is 13.8 Å². The van der Waals surface area contributed by atoms with Crippen LogP contribution in [0.2, 0.25) is 0 Å². The van der Waals surface area contributed by atoms with Gasteiger partial charge in [-0.2, -0.15) is 0 Å². The summed E-state index contributed by atoms with van der Waals surface area (Å²) in [5.41, 5.74) is 11.1. The first-order chi connectivity index (χ1) is 9.31. The molecule has 0 aromatic heterocycles. The van der Waals surface area contributed by atoms with E-state index in [1.165, 1.54) is 12.1 Å². The van der Waals surface area contributed by atoms with Gasteiger partial charge < -0.3 is 16.2 Å². The zero-order chi connectivity index (χ0) is 15.3. The molecule has 0 saturated carbocycles. The van der Waals surface area contributed by atoms with Crippen LogP contribution in [0.15, 0.2) is 24.3 Å². The van der Waals surface area contributed by atoms with E-state index in [0.717, 1.165) is 0 Å². The quantitative estimate of drug-likeness (QED) is 0.551. The molecule has 1 rings (SSSR count). The number of carbonyl (C=O) groups is 3. The molecule has 0 bridgehead atoms. The van der Waals surface area contributed by atoms with E-state index in [4.69, 9.17) is 16.2 Å². The molecular formula is C13H17N3O4. The van der Waals surface area contributed by atoms with E-state index < -0.39 is 24.0 Å². The van der Waals surface area contributed by atoms with Crippen molar-refractivity contribution in [3.05, 3.63) is 29.8 Å². The molecule has 0 aliphatic rings. The monoisotopic (exact) mass is 279 g/mol. The predicted molar refractivity (Wildman–Crippen MR) is 72.6 cm³/mol. The Hall–Kier alpha value is -2.57. The maximum atomic E-state index is 11.9. The topological polar surface area (TPSA) is 125 Å². The van der Waals surface area contributed by atoms with Crippen LogP contribution in [0.1, 0.15) is 24.2 Å². The fraction of sp³-hybridized carbons (Fsp3) is 0.308. The Morgan fingerprint density at radius 1 is 1.15 bits per heavy atom. The number of hydrogen-bond acceptors (Lipinski definition) is 5. The summed E-state index contributed by atoms with van der Waals surface area (Å²) in [6, 6.07) is 5.07. The molecule has 108 valence electrons. The Morgan fingerprint density at radius 2 is 1.70 bits per heavy atom. The van der Waals surface area contributed by atoms with Gasteiger partial charge in [-0.15, -0.1) is 0 Å². The molecule has 1 atom stereocenters. The third-order valence-electron chi connectivity index (χ3n) is 2.49. The highest BCUT2D eigenvalue weighted by Crippen LogP contribution is 2.12. The Balaban J connectivity index is 2.80. The molecule has 1 aromatic rings. The van der Waals surface area contributed by atoms with Gasteiger partial charge in [-0.25, -0.2) is 9.59 Å². The van der Waals surface area contributed by atoms with Crippen LogP contribution >= 0.6 is 0 Å². The standard InChI is InChI=1S/C13H17N3O4/c1-7(2)10(11(17)16-13(15)19)20-12(18)8-3-5-9(14)6-4-8/h3-7,10H,14H2,1-2H3,(H3,15,16,17,19)/t10-/m1/s1. The van der Waals surface area contributed by atoms with Crippen molar-refractivity contribution >= 4 is 23.6 Å². The van der Waals surface area contributed by atoms with Crippen molar-refractivity contribution in [2.75, 3.05) is 5.73 Å². The number of anilines is 1. The van der Waals surface area contributed by atoms with E-state index in [2.05, 4.69) is 0 Å². The molecule has 20 heavy (non-hydrogen) atoms. The largest absolute Gasteiger partial charge is 0.448 e. The minimum atomic E-state index is -1.10. The third kappa shape index (κ3) is 4.27. The number of urea groups is 1. The molecule has 0 unspecified atom stereocenters. The van der Waals surface area contributed by atoms with E-state index in [1.54, 1.807) is 26.0 Å². The summed E-state index contributed by atoms with van der Waals surface area (Å²) in [6.07, 6.45) is -1.10. The first-order valence-corrected chi connectivity index (χ1v) is 5.98. The summed E-state index contributed by atoms with van der Waals surface area (Å²) in [4.78, 5) is 34.3. The van der Waals surface area contributed by atoms with Crippen LogP contribution in [0.3, 0.4) is 0 Å². The van der Waals surface area contributed by atoms with Crippen molar-refractivity contribution in [3.8, 4) is 0 Å². The highest BCUT2D eigenvalue weighted by Gasteiger charge is 2.27. The Labute approximate surface area is 116 Å². The lowest BCUT2D eigenvalue weighted by atomic mass is 10.1. The zero-order valence-corrected chi connectivity index (χ0v) is 11.3. The predicted octanol–water partition coefficient (Wildman–Crippen LogP) is 0.645. The van der Waals surface area contributed by atoms with Crippen LogP contribution < -0.4 is 16.8 Å². The minimum absolute atomic E-state index is 0.261. The molecule has 0 saturated heterocycles. The second kappa shape index (κ2) is 6.55. The van der Waals surface area contributed by atoms with Crippen LogP contribution in [-0.2, 0) is 9.53 Å². The average Bonchev–Trinajstić information content (AvgIpc) is 2.35. The summed E-state index contributed by atoms with van der Waals surface area (Å²) in [7, 11) is 0. The number of benzene rings is 1. The lowest BCUT2D eigenvalue weighted by Crippen LogP contribution is -2.45. The van der Waals surface area contributed by atoms with Gasteiger partial charge in [0.15, 0.2) is 6.10 Å². The van der Waals surface area contributed by atoms with Crippen molar-refractivity contribution in [3.63, 3.8) is 0 Å². The van der Waals surface area contributed by atoms with Gasteiger partial charge in [0.25, 0.3) is 5.91 Å². The van der Waals surface area contributed by atoms with Crippen LogP contribution in [0.5, 0.6) is 0 Å².